The van der Waals surface area contributed by atoms with E-state index in [9.17, 15) is 0 Å². The number of aromatic nitrogens is 1. The molecule has 3 atom stereocenters. The maximum Gasteiger partial charge on any atom is 0.160 e. The van der Waals surface area contributed by atoms with Crippen LogP contribution >= 0.6 is 0 Å². The normalized spacial score (nSPS) is 18.2. The second-order valence-electron chi connectivity index (χ2n) is 14.5. The van der Waals surface area contributed by atoms with Gasteiger partial charge in [-0.05, 0) is 105 Å². The van der Waals surface area contributed by atoms with Crippen molar-refractivity contribution in [1.29, 1.82) is 0 Å². The van der Waals surface area contributed by atoms with Gasteiger partial charge in [-0.3, -0.25) is 5.32 Å². The topological polar surface area (TPSA) is 32.2 Å². The van der Waals surface area contributed by atoms with Crippen molar-refractivity contribution in [2.45, 2.75) is 31.2 Å². The Bertz CT molecular complexity index is 2670. The average molecular weight is 683 g/mol. The van der Waals surface area contributed by atoms with Gasteiger partial charge in [-0.25, -0.2) is 0 Å². The number of anilines is 3. The van der Waals surface area contributed by atoms with Gasteiger partial charge in [-0.2, -0.15) is 0 Å². The third-order valence-corrected chi connectivity index (χ3v) is 11.7. The van der Waals surface area contributed by atoms with Crippen molar-refractivity contribution >= 4 is 44.8 Å². The van der Waals surface area contributed by atoms with Gasteiger partial charge in [0.2, 0.25) is 0 Å². The number of para-hydroxylation sites is 3. The predicted molar refractivity (Wildman–Crippen MR) is 220 cm³/mol. The van der Waals surface area contributed by atoms with Gasteiger partial charge >= 0.3 is 0 Å². The molecular formula is C49H38N4. The van der Waals surface area contributed by atoms with E-state index in [2.05, 4.69) is 196 Å². The maximum atomic E-state index is 4.17. The molecule has 254 valence electrons. The number of rotatable bonds is 5. The van der Waals surface area contributed by atoms with E-state index in [1.807, 2.05) is 0 Å². The summed E-state index contributed by atoms with van der Waals surface area (Å²) in [4.78, 5) is 2.49. The summed E-state index contributed by atoms with van der Waals surface area (Å²) in [6.07, 6.45) is 6.45. The summed E-state index contributed by atoms with van der Waals surface area (Å²) in [7, 11) is 0. The lowest BCUT2D eigenvalue weighted by molar-refractivity contribution is 0.405. The van der Waals surface area contributed by atoms with E-state index >= 15 is 0 Å². The molecule has 2 N–H and O–H groups in total. The van der Waals surface area contributed by atoms with Crippen LogP contribution in [0.4, 0.5) is 17.1 Å². The van der Waals surface area contributed by atoms with Gasteiger partial charge in [0.1, 0.15) is 0 Å². The zero-order chi connectivity index (χ0) is 34.9. The van der Waals surface area contributed by atoms with Gasteiger partial charge in [0.15, 0.2) is 6.29 Å². The molecule has 3 unspecified atom stereocenters. The third kappa shape index (κ3) is 4.79. The lowest BCUT2D eigenvalue weighted by Gasteiger charge is -2.38. The minimum absolute atomic E-state index is 0.0160. The second-order valence-corrected chi connectivity index (χ2v) is 14.5. The minimum atomic E-state index is -0.178. The first kappa shape index (κ1) is 30.3. The molecular weight excluding hydrogens is 645 g/mol. The number of nitrogens with zero attached hydrogens (tertiary/aromatic N) is 2. The fraction of sp³-hybridized carbons (Fsp3) is 0.102. The first-order valence-electron chi connectivity index (χ1n) is 18.7. The molecule has 1 aromatic heterocycles. The number of hydrogen-bond acceptors (Lipinski definition) is 3. The van der Waals surface area contributed by atoms with E-state index in [-0.39, 0.29) is 18.4 Å². The summed E-state index contributed by atoms with van der Waals surface area (Å²) >= 11 is 0. The van der Waals surface area contributed by atoms with E-state index < -0.39 is 0 Å². The fourth-order valence-corrected chi connectivity index (χ4v) is 9.38. The van der Waals surface area contributed by atoms with Gasteiger partial charge in [0.25, 0.3) is 0 Å². The molecule has 0 saturated carbocycles. The Hall–Kier alpha value is -6.36. The molecule has 2 aliphatic carbocycles. The minimum Gasteiger partial charge on any atom is -0.352 e. The van der Waals surface area contributed by atoms with Gasteiger partial charge in [0, 0.05) is 28.1 Å². The molecule has 0 radical (unpaired) electrons. The van der Waals surface area contributed by atoms with E-state index in [0.29, 0.717) is 0 Å². The van der Waals surface area contributed by atoms with Gasteiger partial charge in [0.05, 0.1) is 17.6 Å². The zero-order valence-electron chi connectivity index (χ0n) is 29.3. The van der Waals surface area contributed by atoms with Crippen LogP contribution in [0.25, 0.3) is 38.9 Å². The molecule has 3 aliphatic rings. The molecule has 53 heavy (non-hydrogen) atoms. The van der Waals surface area contributed by atoms with Crippen LogP contribution in [0.2, 0.25) is 0 Å². The molecule has 0 spiro atoms. The highest BCUT2D eigenvalue weighted by atomic mass is 15.3. The fourth-order valence-electron chi connectivity index (χ4n) is 9.38. The highest BCUT2D eigenvalue weighted by Crippen LogP contribution is 2.46. The quantitative estimate of drug-likeness (QED) is 0.190. The van der Waals surface area contributed by atoms with E-state index in [0.717, 1.165) is 12.8 Å². The highest BCUT2D eigenvalue weighted by molar-refractivity contribution is 6.10. The van der Waals surface area contributed by atoms with Gasteiger partial charge in [-0.1, -0.05) is 133 Å². The first-order chi connectivity index (χ1) is 26.3. The summed E-state index contributed by atoms with van der Waals surface area (Å²) in [5.41, 5.74) is 15.6. The molecule has 8 aromatic rings. The van der Waals surface area contributed by atoms with Crippen LogP contribution in [0, 0.1) is 0 Å². The summed E-state index contributed by atoms with van der Waals surface area (Å²) in [6, 6.07) is 59.9. The van der Waals surface area contributed by atoms with E-state index in [1.165, 1.54) is 83.4 Å². The van der Waals surface area contributed by atoms with Crippen LogP contribution in [0.15, 0.2) is 170 Å². The first-order valence-corrected chi connectivity index (χ1v) is 18.7. The van der Waals surface area contributed by atoms with Crippen molar-refractivity contribution in [2.24, 2.45) is 0 Å². The summed E-state index contributed by atoms with van der Waals surface area (Å²) in [5, 5.41) is 12.0. The SMILES string of the molecule is C1=CC(N(c2ccccc2)c2ccccc2)Cc2c1n(C1Nc3ccccc3C(c3cccc4c3Cc3ccccc3-4)N1)c1ccc3ccccc3c21. The Kier molecular flexibility index (Phi) is 6.92. The second kappa shape index (κ2) is 12.1. The lowest BCUT2D eigenvalue weighted by atomic mass is 9.89. The van der Waals surface area contributed by atoms with Crippen LogP contribution in [0.5, 0.6) is 0 Å². The van der Waals surface area contributed by atoms with Crippen molar-refractivity contribution < 1.29 is 0 Å². The Morgan fingerprint density at radius 3 is 2.13 bits per heavy atom. The van der Waals surface area contributed by atoms with Crippen molar-refractivity contribution in [3.05, 3.63) is 203 Å². The number of benzene rings is 7. The molecule has 0 bridgehead atoms. The van der Waals surface area contributed by atoms with Gasteiger partial charge < -0.3 is 14.8 Å². The van der Waals surface area contributed by atoms with Crippen molar-refractivity contribution in [3.63, 3.8) is 0 Å². The maximum absolute atomic E-state index is 4.17. The number of nitrogens with one attached hydrogen (secondary N) is 2. The number of fused-ring (bicyclic) bond motifs is 9. The van der Waals surface area contributed by atoms with Crippen LogP contribution < -0.4 is 15.5 Å². The Labute approximate surface area is 309 Å². The highest BCUT2D eigenvalue weighted by Gasteiger charge is 2.35. The molecule has 4 heteroatoms. The van der Waals surface area contributed by atoms with Crippen molar-refractivity contribution in [1.82, 2.24) is 9.88 Å². The summed E-state index contributed by atoms with van der Waals surface area (Å²) < 4.78 is 2.53. The van der Waals surface area contributed by atoms with Crippen molar-refractivity contribution in [2.75, 3.05) is 10.2 Å². The average Bonchev–Trinajstić information content (AvgIpc) is 3.77. The Morgan fingerprint density at radius 1 is 0.585 bits per heavy atom. The lowest BCUT2D eigenvalue weighted by Crippen LogP contribution is -2.41. The third-order valence-electron chi connectivity index (χ3n) is 11.7. The van der Waals surface area contributed by atoms with Crippen molar-refractivity contribution in [3.8, 4) is 11.1 Å². The molecule has 0 saturated heterocycles. The summed E-state index contributed by atoms with van der Waals surface area (Å²) in [6.45, 7) is 0. The van der Waals surface area contributed by atoms with Crippen LogP contribution in [-0.4, -0.2) is 10.6 Å². The number of hydrogen-bond donors (Lipinski definition) is 2. The Balaban J connectivity index is 1.08. The summed E-state index contributed by atoms with van der Waals surface area (Å²) in [5.74, 6) is 0. The predicted octanol–water partition coefficient (Wildman–Crippen LogP) is 11.4. The monoisotopic (exact) mass is 682 g/mol. The molecule has 4 nitrogen and oxygen atoms in total. The Morgan fingerprint density at radius 2 is 1.28 bits per heavy atom. The molecule has 7 aromatic carbocycles. The van der Waals surface area contributed by atoms with E-state index in [1.54, 1.807) is 0 Å². The zero-order valence-corrected chi connectivity index (χ0v) is 29.3. The molecule has 0 amide bonds. The molecule has 2 heterocycles. The van der Waals surface area contributed by atoms with Crippen LogP contribution in [-0.2, 0) is 12.8 Å². The molecule has 1 aliphatic heterocycles. The smallest absolute Gasteiger partial charge is 0.160 e. The molecule has 0 fully saturated rings. The van der Waals surface area contributed by atoms with E-state index in [4.69, 9.17) is 0 Å². The van der Waals surface area contributed by atoms with Crippen LogP contribution in [0.3, 0.4) is 0 Å². The largest absolute Gasteiger partial charge is 0.352 e. The van der Waals surface area contributed by atoms with Gasteiger partial charge in [-0.15, -0.1) is 0 Å². The van der Waals surface area contributed by atoms with Crippen LogP contribution in [0.1, 0.15) is 45.8 Å². The standard InChI is InChI=1S/C49H38N4/c1-3-16-34(17-4-1)52(35-18-5-2-6-19-35)36-27-29-45-43(31-36)47-38-21-10-7-14-32(38)26-28-46(47)53(45)49-50-44-25-12-11-22-41(44)48(51-49)40-24-13-23-39-37-20-9-8-15-33(37)30-42(39)40/h1-29,36,48-51H,30-31H2. The molecule has 11 rings (SSSR count).